The van der Waals surface area contributed by atoms with Gasteiger partial charge in [0.2, 0.25) is 10.0 Å². The number of carbonyl (C=O) groups is 1. The van der Waals surface area contributed by atoms with Gasteiger partial charge in [0.1, 0.15) is 0 Å². The van der Waals surface area contributed by atoms with Crippen molar-refractivity contribution in [3.8, 4) is 0 Å². The zero-order chi connectivity index (χ0) is 12.6. The molecule has 0 saturated heterocycles. The first-order valence-electron chi connectivity index (χ1n) is 4.73. The number of nitrogens with one attached hydrogen (secondary N) is 1. The Morgan fingerprint density at radius 1 is 1.50 bits per heavy atom. The Bertz CT molecular complexity index is 302. The Kier molecular flexibility index (Phi) is 7.22. The molecule has 0 aliphatic carbocycles. The molecule has 0 saturated carbocycles. The molecule has 0 radical (unpaired) electrons. The molecule has 0 aromatic heterocycles. The van der Waals surface area contributed by atoms with Crippen LogP contribution in [0.4, 0.5) is 0 Å². The van der Waals surface area contributed by atoms with Crippen LogP contribution < -0.4 is 4.72 Å². The number of methoxy groups -OCH3 is 1. The van der Waals surface area contributed by atoms with Gasteiger partial charge in [0.15, 0.2) is 0 Å². The third-order valence-corrected chi connectivity index (χ3v) is 3.13. The number of aliphatic carboxylic acids is 1. The lowest BCUT2D eigenvalue weighted by atomic mass is 10.3. The van der Waals surface area contributed by atoms with Gasteiger partial charge in [-0.05, 0) is 6.42 Å². The summed E-state index contributed by atoms with van der Waals surface area (Å²) in [5, 5.41) is 17.5. The number of aliphatic hydroxyl groups excluding tert-OH is 1. The summed E-state index contributed by atoms with van der Waals surface area (Å²) >= 11 is 0. The maximum Gasteiger partial charge on any atom is 0.304 e. The smallest absolute Gasteiger partial charge is 0.304 e. The van der Waals surface area contributed by atoms with E-state index in [0.717, 1.165) is 0 Å². The quantitative estimate of drug-likeness (QED) is 0.476. The molecule has 7 nitrogen and oxygen atoms in total. The van der Waals surface area contributed by atoms with Gasteiger partial charge in [-0.15, -0.1) is 0 Å². The molecule has 0 aliphatic heterocycles. The van der Waals surface area contributed by atoms with Gasteiger partial charge >= 0.3 is 5.97 Å². The Labute approximate surface area is 94.5 Å². The Morgan fingerprint density at radius 2 is 2.12 bits per heavy atom. The minimum absolute atomic E-state index is 0.0620. The molecule has 0 rings (SSSR count). The minimum atomic E-state index is -3.57. The molecule has 1 atom stereocenters. The van der Waals surface area contributed by atoms with E-state index in [-0.39, 0.29) is 19.6 Å². The van der Waals surface area contributed by atoms with Crippen LogP contribution in [0.2, 0.25) is 0 Å². The van der Waals surface area contributed by atoms with E-state index in [1.165, 1.54) is 7.11 Å². The van der Waals surface area contributed by atoms with E-state index < -0.39 is 34.3 Å². The van der Waals surface area contributed by atoms with E-state index in [0.29, 0.717) is 0 Å². The first kappa shape index (κ1) is 15.3. The lowest BCUT2D eigenvalue weighted by Crippen LogP contribution is -2.31. The molecular weight excluding hydrogens is 238 g/mol. The lowest BCUT2D eigenvalue weighted by molar-refractivity contribution is -0.136. The fourth-order valence-corrected chi connectivity index (χ4v) is 1.97. The highest BCUT2D eigenvalue weighted by molar-refractivity contribution is 7.89. The number of sulfonamides is 1. The maximum atomic E-state index is 11.2. The predicted molar refractivity (Wildman–Crippen MR) is 56.5 cm³/mol. The summed E-state index contributed by atoms with van der Waals surface area (Å²) in [7, 11) is -2.14. The second-order valence-corrected chi connectivity index (χ2v) is 5.18. The van der Waals surface area contributed by atoms with Crippen LogP contribution in [0, 0.1) is 0 Å². The molecule has 3 N–H and O–H groups in total. The highest BCUT2D eigenvalue weighted by atomic mass is 32.2. The van der Waals surface area contributed by atoms with Crippen LogP contribution in [0.15, 0.2) is 0 Å². The number of ether oxygens (including phenoxy) is 1. The molecule has 0 aromatic carbocycles. The van der Waals surface area contributed by atoms with Crippen LogP contribution in [0.5, 0.6) is 0 Å². The molecule has 96 valence electrons. The summed E-state index contributed by atoms with van der Waals surface area (Å²) in [5.74, 6) is -1.62. The van der Waals surface area contributed by atoms with E-state index in [2.05, 4.69) is 9.46 Å². The zero-order valence-electron chi connectivity index (χ0n) is 9.05. The number of hydrogen-bond acceptors (Lipinski definition) is 5. The fourth-order valence-electron chi connectivity index (χ4n) is 0.951. The Morgan fingerprint density at radius 3 is 2.62 bits per heavy atom. The topological polar surface area (TPSA) is 113 Å². The van der Waals surface area contributed by atoms with Gasteiger partial charge in [0.05, 0.1) is 24.9 Å². The van der Waals surface area contributed by atoms with Gasteiger partial charge in [-0.3, -0.25) is 4.79 Å². The van der Waals surface area contributed by atoms with E-state index in [4.69, 9.17) is 5.11 Å². The summed E-state index contributed by atoms with van der Waals surface area (Å²) in [5.41, 5.74) is 0. The average Bonchev–Trinajstić information content (AvgIpc) is 2.15. The van der Waals surface area contributed by atoms with Crippen LogP contribution in [0.3, 0.4) is 0 Å². The van der Waals surface area contributed by atoms with E-state index in [1.807, 2.05) is 0 Å². The monoisotopic (exact) mass is 255 g/mol. The molecule has 0 bridgehead atoms. The summed E-state index contributed by atoms with van der Waals surface area (Å²) in [6.45, 7) is 0.198. The van der Waals surface area contributed by atoms with Crippen molar-refractivity contribution < 1.29 is 28.2 Å². The average molecular weight is 255 g/mol. The third-order valence-electron chi connectivity index (χ3n) is 1.74. The first-order valence-corrected chi connectivity index (χ1v) is 6.38. The summed E-state index contributed by atoms with van der Waals surface area (Å²) in [6, 6.07) is 0. The summed E-state index contributed by atoms with van der Waals surface area (Å²) in [6.07, 6.45) is -0.942. The second-order valence-electron chi connectivity index (χ2n) is 3.25. The molecule has 0 heterocycles. The minimum Gasteiger partial charge on any atom is -0.481 e. The highest BCUT2D eigenvalue weighted by Gasteiger charge is 2.13. The molecule has 0 fully saturated rings. The number of hydrogen-bond donors (Lipinski definition) is 3. The fraction of sp³-hybridized carbons (Fsp3) is 0.875. The molecule has 8 heteroatoms. The van der Waals surface area contributed by atoms with Crippen molar-refractivity contribution in [2.75, 3.05) is 26.0 Å². The van der Waals surface area contributed by atoms with Gasteiger partial charge in [0, 0.05) is 13.7 Å². The van der Waals surface area contributed by atoms with Crippen LogP contribution in [0.25, 0.3) is 0 Å². The number of carboxylic acids is 1. The second kappa shape index (κ2) is 7.55. The normalized spacial score (nSPS) is 13.6. The van der Waals surface area contributed by atoms with Gasteiger partial charge in [-0.1, -0.05) is 0 Å². The number of rotatable bonds is 9. The molecule has 16 heavy (non-hydrogen) atoms. The summed E-state index contributed by atoms with van der Waals surface area (Å²) < 4.78 is 29.2. The number of aliphatic hydroxyl groups is 1. The third kappa shape index (κ3) is 8.60. The van der Waals surface area contributed by atoms with Crippen molar-refractivity contribution in [3.63, 3.8) is 0 Å². The lowest BCUT2D eigenvalue weighted by Gasteiger charge is -2.10. The van der Waals surface area contributed by atoms with E-state index in [1.54, 1.807) is 0 Å². The molecule has 0 spiro atoms. The van der Waals surface area contributed by atoms with E-state index in [9.17, 15) is 18.3 Å². The van der Waals surface area contributed by atoms with Crippen molar-refractivity contribution in [3.05, 3.63) is 0 Å². The molecule has 1 unspecified atom stereocenters. The SMILES string of the molecule is COCC(O)CCNS(=O)(=O)CCC(=O)O. The van der Waals surface area contributed by atoms with Crippen molar-refractivity contribution in [2.24, 2.45) is 0 Å². The molecule has 0 aliphatic rings. The molecule has 0 aromatic rings. The predicted octanol–water partition coefficient (Wildman–Crippen LogP) is -1.22. The van der Waals surface area contributed by atoms with Gasteiger partial charge in [-0.2, -0.15) is 0 Å². The molecular formula is C8H17NO6S. The van der Waals surface area contributed by atoms with Crippen molar-refractivity contribution >= 4 is 16.0 Å². The van der Waals surface area contributed by atoms with Crippen molar-refractivity contribution in [1.82, 2.24) is 4.72 Å². The summed E-state index contributed by atoms with van der Waals surface area (Å²) in [4.78, 5) is 10.2. The standard InChI is InChI=1S/C8H17NO6S/c1-15-6-7(10)2-4-9-16(13,14)5-3-8(11)12/h7,9-10H,2-6H2,1H3,(H,11,12). The van der Waals surface area contributed by atoms with E-state index >= 15 is 0 Å². The van der Waals surface area contributed by atoms with Crippen LogP contribution in [0.1, 0.15) is 12.8 Å². The molecule has 0 amide bonds. The Hall–Kier alpha value is -0.700. The van der Waals surface area contributed by atoms with Gasteiger partial charge < -0.3 is 14.9 Å². The maximum absolute atomic E-state index is 11.2. The highest BCUT2D eigenvalue weighted by Crippen LogP contribution is 1.94. The number of carboxylic acid groups (broad SMARTS) is 1. The Balaban J connectivity index is 3.78. The van der Waals surface area contributed by atoms with Crippen LogP contribution in [-0.4, -0.2) is 56.7 Å². The largest absolute Gasteiger partial charge is 0.481 e. The van der Waals surface area contributed by atoms with Crippen molar-refractivity contribution in [2.45, 2.75) is 18.9 Å². The van der Waals surface area contributed by atoms with Gasteiger partial charge in [0.25, 0.3) is 0 Å². The zero-order valence-corrected chi connectivity index (χ0v) is 9.87. The van der Waals surface area contributed by atoms with Gasteiger partial charge in [-0.25, -0.2) is 13.1 Å². The van der Waals surface area contributed by atoms with Crippen molar-refractivity contribution in [1.29, 1.82) is 0 Å². The first-order chi connectivity index (χ1) is 7.37. The van der Waals surface area contributed by atoms with Crippen LogP contribution in [-0.2, 0) is 19.6 Å². The van der Waals surface area contributed by atoms with Crippen LogP contribution >= 0.6 is 0 Å².